The largest absolute Gasteiger partial charge is 0.326 e. The first-order valence-electron chi connectivity index (χ1n) is 11.6. The molecule has 1 saturated carbocycles. The molecule has 0 bridgehead atoms. The Morgan fingerprint density at radius 2 is 1.79 bits per heavy atom. The molecule has 1 unspecified atom stereocenters. The first-order chi connectivity index (χ1) is 16.0. The van der Waals surface area contributed by atoms with Gasteiger partial charge in [-0.1, -0.05) is 42.5 Å². The monoisotopic (exact) mass is 463 g/mol. The number of amides is 1. The van der Waals surface area contributed by atoms with Gasteiger partial charge >= 0.3 is 0 Å². The van der Waals surface area contributed by atoms with Gasteiger partial charge in [-0.3, -0.25) is 4.79 Å². The highest BCUT2D eigenvalue weighted by Gasteiger charge is 2.44. The number of nitrogens with one attached hydrogen (secondary N) is 3. The van der Waals surface area contributed by atoms with Crippen molar-refractivity contribution in [1.29, 1.82) is 0 Å². The Morgan fingerprint density at radius 3 is 2.55 bits per heavy atom. The third kappa shape index (κ3) is 5.11. The van der Waals surface area contributed by atoms with Crippen LogP contribution < -0.4 is 15.4 Å². The van der Waals surface area contributed by atoms with Crippen LogP contribution in [-0.2, 0) is 14.8 Å². The summed E-state index contributed by atoms with van der Waals surface area (Å²) in [5, 5.41) is 8.56. The highest BCUT2D eigenvalue weighted by molar-refractivity contribution is 7.89. The molecule has 33 heavy (non-hydrogen) atoms. The van der Waals surface area contributed by atoms with E-state index in [1.54, 1.807) is 12.1 Å². The van der Waals surface area contributed by atoms with Gasteiger partial charge in [-0.25, -0.2) is 13.1 Å². The molecule has 3 aromatic rings. The van der Waals surface area contributed by atoms with Crippen LogP contribution in [-0.4, -0.2) is 34.0 Å². The van der Waals surface area contributed by atoms with E-state index in [1.807, 2.05) is 54.6 Å². The lowest BCUT2D eigenvalue weighted by atomic mass is 10.0. The number of hydrogen-bond acceptors (Lipinski definition) is 4. The quantitative estimate of drug-likeness (QED) is 0.497. The number of benzene rings is 3. The molecule has 6 nitrogen and oxygen atoms in total. The molecule has 1 aliphatic heterocycles. The average Bonchev–Trinajstić information content (AvgIpc) is 3.65. The molecule has 0 radical (unpaired) electrons. The van der Waals surface area contributed by atoms with Crippen molar-refractivity contribution in [2.75, 3.05) is 25.0 Å². The molecule has 2 aliphatic rings. The summed E-state index contributed by atoms with van der Waals surface area (Å²) in [5.74, 6) is 0.384. The molecule has 1 aliphatic carbocycles. The lowest BCUT2D eigenvalue weighted by Crippen LogP contribution is -2.38. The Morgan fingerprint density at radius 1 is 1.00 bits per heavy atom. The van der Waals surface area contributed by atoms with Gasteiger partial charge in [0.1, 0.15) is 0 Å². The molecule has 3 atom stereocenters. The second-order valence-corrected chi connectivity index (χ2v) is 10.9. The van der Waals surface area contributed by atoms with Crippen molar-refractivity contribution >= 4 is 32.4 Å². The van der Waals surface area contributed by atoms with Gasteiger partial charge in [0.15, 0.2) is 0 Å². The lowest BCUT2D eigenvalue weighted by molar-refractivity contribution is -0.117. The Labute approximate surface area is 194 Å². The van der Waals surface area contributed by atoms with Crippen molar-refractivity contribution in [2.24, 2.45) is 11.8 Å². The topological polar surface area (TPSA) is 87.3 Å². The number of rotatable bonds is 7. The minimum atomic E-state index is -3.53. The van der Waals surface area contributed by atoms with Gasteiger partial charge in [0.05, 0.1) is 4.90 Å². The maximum absolute atomic E-state index is 12.7. The number of hydrogen-bond donors (Lipinski definition) is 3. The van der Waals surface area contributed by atoms with Crippen LogP contribution in [0.1, 0.15) is 30.7 Å². The Balaban J connectivity index is 1.18. The summed E-state index contributed by atoms with van der Waals surface area (Å²) in [6.07, 6.45) is 2.90. The number of sulfonamides is 1. The van der Waals surface area contributed by atoms with Gasteiger partial charge in [-0.15, -0.1) is 0 Å². The Bertz CT molecular complexity index is 1250. The normalized spacial score (nSPS) is 22.7. The molecule has 0 spiro atoms. The predicted molar refractivity (Wildman–Crippen MR) is 131 cm³/mol. The SMILES string of the molecule is O=C(Nc1ccc2ccccc2c1)[C@@H]1CC1c1ccc(S(=O)(=O)NC[C@@H]2CCCNC2)cc1. The summed E-state index contributed by atoms with van der Waals surface area (Å²) in [6, 6.07) is 20.9. The highest BCUT2D eigenvalue weighted by atomic mass is 32.2. The van der Waals surface area contributed by atoms with Crippen molar-refractivity contribution in [2.45, 2.75) is 30.1 Å². The summed E-state index contributed by atoms with van der Waals surface area (Å²) < 4.78 is 28.0. The summed E-state index contributed by atoms with van der Waals surface area (Å²) in [4.78, 5) is 13.0. The van der Waals surface area contributed by atoms with E-state index in [0.717, 1.165) is 54.4 Å². The van der Waals surface area contributed by atoms with E-state index < -0.39 is 10.0 Å². The fourth-order valence-corrected chi connectivity index (χ4v) is 5.77. The maximum Gasteiger partial charge on any atom is 0.240 e. The number of fused-ring (bicyclic) bond motifs is 1. The molecule has 1 amide bonds. The predicted octanol–water partition coefficient (Wildman–Crippen LogP) is 3.86. The first kappa shape index (κ1) is 22.1. The van der Waals surface area contributed by atoms with E-state index in [4.69, 9.17) is 0 Å². The second kappa shape index (κ2) is 9.25. The van der Waals surface area contributed by atoms with Crippen molar-refractivity contribution in [1.82, 2.24) is 10.0 Å². The summed E-state index contributed by atoms with van der Waals surface area (Å²) in [5.41, 5.74) is 1.80. The van der Waals surface area contributed by atoms with E-state index in [0.29, 0.717) is 12.5 Å². The second-order valence-electron chi connectivity index (χ2n) is 9.13. The van der Waals surface area contributed by atoms with Crippen LogP contribution in [0.4, 0.5) is 5.69 Å². The molecule has 0 aromatic heterocycles. The van der Waals surface area contributed by atoms with Crippen LogP contribution >= 0.6 is 0 Å². The minimum absolute atomic E-state index is 0.00902. The molecule has 1 heterocycles. The lowest BCUT2D eigenvalue weighted by Gasteiger charge is -2.22. The van der Waals surface area contributed by atoms with E-state index in [2.05, 4.69) is 15.4 Å². The van der Waals surface area contributed by atoms with Gasteiger partial charge in [0.2, 0.25) is 15.9 Å². The zero-order valence-electron chi connectivity index (χ0n) is 18.5. The van der Waals surface area contributed by atoms with Crippen molar-refractivity contribution < 1.29 is 13.2 Å². The molecule has 1 saturated heterocycles. The highest BCUT2D eigenvalue weighted by Crippen LogP contribution is 2.48. The van der Waals surface area contributed by atoms with Gasteiger partial charge in [0, 0.05) is 18.2 Å². The van der Waals surface area contributed by atoms with Crippen LogP contribution in [0, 0.1) is 11.8 Å². The van der Waals surface area contributed by atoms with E-state index in [1.165, 1.54) is 0 Å². The van der Waals surface area contributed by atoms with Gasteiger partial charge < -0.3 is 10.6 Å². The Kier molecular flexibility index (Phi) is 6.19. The fraction of sp³-hybridized carbons (Fsp3) is 0.346. The van der Waals surface area contributed by atoms with Crippen LogP contribution in [0.25, 0.3) is 10.8 Å². The summed E-state index contributed by atoms with van der Waals surface area (Å²) in [7, 11) is -3.53. The molecule has 172 valence electrons. The average molecular weight is 464 g/mol. The standard InChI is InChI=1S/C26H29N3O3S/c30-26(29-22-10-7-19-5-1-2-6-21(19)14-22)25-15-24(25)20-8-11-23(12-9-20)33(31,32)28-17-18-4-3-13-27-16-18/h1-2,5-12,14,18,24-25,27-28H,3-4,13,15-17H2,(H,29,30)/t18-,24?,25-/m1/s1. The van der Waals surface area contributed by atoms with Crippen LogP contribution in [0.2, 0.25) is 0 Å². The third-order valence-electron chi connectivity index (χ3n) is 6.72. The summed E-state index contributed by atoms with van der Waals surface area (Å²) >= 11 is 0. The van der Waals surface area contributed by atoms with E-state index >= 15 is 0 Å². The van der Waals surface area contributed by atoms with Crippen molar-refractivity contribution in [3.05, 3.63) is 72.3 Å². The molecule has 5 rings (SSSR count). The molecule has 2 fully saturated rings. The first-order valence-corrected chi connectivity index (χ1v) is 13.1. The molecule has 3 aromatic carbocycles. The number of piperidine rings is 1. The smallest absolute Gasteiger partial charge is 0.240 e. The van der Waals surface area contributed by atoms with Gasteiger partial charge in [0.25, 0.3) is 0 Å². The van der Waals surface area contributed by atoms with Crippen molar-refractivity contribution in [3.8, 4) is 0 Å². The number of carbonyl (C=O) groups excluding carboxylic acids is 1. The van der Waals surface area contributed by atoms with Gasteiger partial charge in [-0.05, 0) is 84.8 Å². The van der Waals surface area contributed by atoms with Crippen LogP contribution in [0.5, 0.6) is 0 Å². The van der Waals surface area contributed by atoms with Crippen molar-refractivity contribution in [3.63, 3.8) is 0 Å². The number of carbonyl (C=O) groups is 1. The molecule has 3 N–H and O–H groups in total. The molecular weight excluding hydrogens is 434 g/mol. The zero-order chi connectivity index (χ0) is 22.8. The maximum atomic E-state index is 12.7. The Hall–Kier alpha value is -2.74. The molecule has 7 heteroatoms. The summed E-state index contributed by atoms with van der Waals surface area (Å²) in [6.45, 7) is 2.32. The molecular formula is C26H29N3O3S. The fourth-order valence-electron chi connectivity index (χ4n) is 4.66. The van der Waals surface area contributed by atoms with Crippen LogP contribution in [0.15, 0.2) is 71.6 Å². The van der Waals surface area contributed by atoms with E-state index in [9.17, 15) is 13.2 Å². The minimum Gasteiger partial charge on any atom is -0.326 e. The van der Waals surface area contributed by atoms with E-state index in [-0.39, 0.29) is 22.6 Å². The third-order valence-corrected chi connectivity index (χ3v) is 8.16. The number of anilines is 1. The zero-order valence-corrected chi connectivity index (χ0v) is 19.3. The van der Waals surface area contributed by atoms with Gasteiger partial charge in [-0.2, -0.15) is 0 Å². The van der Waals surface area contributed by atoms with Crippen LogP contribution in [0.3, 0.4) is 0 Å².